The van der Waals surface area contributed by atoms with Gasteiger partial charge in [-0.05, 0) is 19.4 Å². The zero-order valence-electron chi connectivity index (χ0n) is 14.0. The summed E-state index contributed by atoms with van der Waals surface area (Å²) in [6.45, 7) is 1.77. The van der Waals surface area contributed by atoms with Crippen LogP contribution in [0.25, 0.3) is 0 Å². The van der Waals surface area contributed by atoms with Crippen LogP contribution in [0.1, 0.15) is 24.5 Å². The first-order valence-electron chi connectivity index (χ1n) is 8.12. The van der Waals surface area contributed by atoms with Crippen LogP contribution in [0.5, 0.6) is 0 Å². The van der Waals surface area contributed by atoms with Gasteiger partial charge in [0.15, 0.2) is 0 Å². The Labute approximate surface area is 147 Å². The molecule has 2 aliphatic heterocycles. The zero-order valence-corrected chi connectivity index (χ0v) is 14.0. The molecule has 7 nitrogen and oxygen atoms in total. The number of aliphatic hydroxyl groups excluding tert-OH is 2. The van der Waals surface area contributed by atoms with E-state index < -0.39 is 35.1 Å². The average molecular weight is 372 g/mol. The Balaban J connectivity index is 2.10. The van der Waals surface area contributed by atoms with E-state index in [1.807, 2.05) is 0 Å². The van der Waals surface area contributed by atoms with Gasteiger partial charge in [-0.2, -0.15) is 18.4 Å². The molecule has 3 N–H and O–H groups in total. The van der Waals surface area contributed by atoms with Gasteiger partial charge in [-0.25, -0.2) is 4.98 Å². The van der Waals surface area contributed by atoms with E-state index >= 15 is 0 Å². The Kier molecular flexibility index (Phi) is 4.50. The van der Waals surface area contributed by atoms with Gasteiger partial charge in [-0.3, -0.25) is 0 Å². The van der Waals surface area contributed by atoms with Crippen LogP contribution < -0.4 is 9.80 Å². The number of nitriles is 1. The van der Waals surface area contributed by atoms with Crippen molar-refractivity contribution in [2.24, 2.45) is 0 Å². The second-order valence-electron chi connectivity index (χ2n) is 7.04. The number of pyridine rings is 1. The van der Waals surface area contributed by atoms with Crippen molar-refractivity contribution in [3.8, 4) is 6.07 Å². The monoisotopic (exact) mass is 372 g/mol. The minimum atomic E-state index is -4.77. The normalized spacial score (nSPS) is 29.3. The number of halogens is 3. The molecule has 142 valence electrons. The fourth-order valence-corrected chi connectivity index (χ4v) is 3.33. The van der Waals surface area contributed by atoms with Crippen molar-refractivity contribution in [3.63, 3.8) is 0 Å². The van der Waals surface area contributed by atoms with E-state index in [0.29, 0.717) is 6.42 Å². The van der Waals surface area contributed by atoms with Crippen LogP contribution in [-0.4, -0.2) is 64.3 Å². The minimum Gasteiger partial charge on any atom is -0.389 e. The van der Waals surface area contributed by atoms with Crippen LogP contribution in [0, 0.1) is 11.3 Å². The molecule has 3 heterocycles. The summed E-state index contributed by atoms with van der Waals surface area (Å²) in [5.74, 6) is -0.223. The third-order valence-corrected chi connectivity index (χ3v) is 4.74. The maximum Gasteiger partial charge on any atom is 0.417 e. The SMILES string of the molecule is CC1(O)CCN(c2nc(N3CC(O)C(O)C3)cc(C(F)(F)F)c2C#N)C1. The van der Waals surface area contributed by atoms with Crippen molar-refractivity contribution < 1.29 is 28.5 Å². The number of anilines is 2. The lowest BCUT2D eigenvalue weighted by molar-refractivity contribution is -0.137. The molecule has 0 bridgehead atoms. The average Bonchev–Trinajstić information content (AvgIpc) is 3.07. The molecule has 0 radical (unpaired) electrons. The first kappa shape index (κ1) is 18.7. The van der Waals surface area contributed by atoms with E-state index in [9.17, 15) is 33.8 Å². The smallest absolute Gasteiger partial charge is 0.389 e. The predicted molar refractivity (Wildman–Crippen MR) is 85.6 cm³/mol. The van der Waals surface area contributed by atoms with Gasteiger partial charge in [0.1, 0.15) is 23.3 Å². The Bertz CT molecular complexity index is 737. The van der Waals surface area contributed by atoms with Crippen LogP contribution in [0.3, 0.4) is 0 Å². The highest BCUT2D eigenvalue weighted by atomic mass is 19.4. The summed E-state index contributed by atoms with van der Waals surface area (Å²) >= 11 is 0. The highest BCUT2D eigenvalue weighted by molar-refractivity contribution is 5.64. The zero-order chi connectivity index (χ0) is 19.3. The molecular formula is C16H19F3N4O3. The molecule has 2 saturated heterocycles. The van der Waals surface area contributed by atoms with E-state index in [2.05, 4.69) is 4.98 Å². The van der Waals surface area contributed by atoms with Gasteiger partial charge < -0.3 is 25.1 Å². The number of hydrogen-bond acceptors (Lipinski definition) is 7. The summed E-state index contributed by atoms with van der Waals surface area (Å²) < 4.78 is 40.5. The van der Waals surface area contributed by atoms with Crippen molar-refractivity contribution >= 4 is 11.6 Å². The summed E-state index contributed by atoms with van der Waals surface area (Å²) in [6, 6.07) is 2.35. The number of aromatic nitrogens is 1. The lowest BCUT2D eigenvalue weighted by Crippen LogP contribution is -2.32. The van der Waals surface area contributed by atoms with Crippen molar-refractivity contribution in [3.05, 3.63) is 17.2 Å². The van der Waals surface area contributed by atoms with Gasteiger partial charge in [-0.1, -0.05) is 0 Å². The molecule has 0 saturated carbocycles. The molecule has 0 aliphatic carbocycles. The number of hydrogen-bond donors (Lipinski definition) is 3. The number of β-amino-alcohol motifs (C(OH)–C–C–N with tert-alkyl or cyclic N) is 3. The van der Waals surface area contributed by atoms with Crippen LogP contribution in [0.4, 0.5) is 24.8 Å². The Morgan fingerprint density at radius 1 is 1.27 bits per heavy atom. The second-order valence-corrected chi connectivity index (χ2v) is 7.04. The Morgan fingerprint density at radius 2 is 1.88 bits per heavy atom. The van der Waals surface area contributed by atoms with Crippen LogP contribution >= 0.6 is 0 Å². The quantitative estimate of drug-likeness (QED) is 0.694. The van der Waals surface area contributed by atoms with Gasteiger partial charge >= 0.3 is 6.18 Å². The minimum absolute atomic E-state index is 0.0562. The third-order valence-electron chi connectivity index (χ3n) is 4.74. The molecule has 2 fully saturated rings. The van der Waals surface area contributed by atoms with Gasteiger partial charge in [-0.15, -0.1) is 0 Å². The largest absolute Gasteiger partial charge is 0.417 e. The molecule has 3 atom stereocenters. The standard InChI is InChI=1S/C16H19F3N4O3/c1-15(26)2-3-22(8-15)14-9(5-20)10(16(17,18)19)4-13(21-14)23-6-11(24)12(25)7-23/h4,11-12,24-26H,2-3,6-8H2,1H3. The molecule has 0 aromatic carbocycles. The molecule has 26 heavy (non-hydrogen) atoms. The molecule has 1 aromatic rings. The molecule has 10 heteroatoms. The lowest BCUT2D eigenvalue weighted by Gasteiger charge is -2.25. The Morgan fingerprint density at radius 3 is 2.35 bits per heavy atom. The van der Waals surface area contributed by atoms with E-state index in [-0.39, 0.29) is 37.8 Å². The number of aliphatic hydroxyl groups is 3. The van der Waals surface area contributed by atoms with Crippen molar-refractivity contribution in [1.82, 2.24) is 4.98 Å². The maximum absolute atomic E-state index is 13.5. The highest BCUT2D eigenvalue weighted by Crippen LogP contribution is 2.39. The first-order valence-corrected chi connectivity index (χ1v) is 8.12. The number of nitrogens with zero attached hydrogens (tertiary/aromatic N) is 4. The molecule has 3 rings (SSSR count). The van der Waals surface area contributed by atoms with E-state index in [1.165, 1.54) is 9.80 Å². The molecule has 2 aliphatic rings. The van der Waals surface area contributed by atoms with Crippen molar-refractivity contribution in [1.29, 1.82) is 5.26 Å². The van der Waals surface area contributed by atoms with Gasteiger partial charge in [0.05, 0.1) is 23.4 Å². The van der Waals surface area contributed by atoms with Crippen LogP contribution in [0.15, 0.2) is 6.07 Å². The topological polar surface area (TPSA) is 104 Å². The van der Waals surface area contributed by atoms with Gasteiger partial charge in [0.2, 0.25) is 0 Å². The molecule has 0 amide bonds. The lowest BCUT2D eigenvalue weighted by atomic mass is 10.1. The van der Waals surface area contributed by atoms with Crippen molar-refractivity contribution in [2.75, 3.05) is 36.0 Å². The predicted octanol–water partition coefficient (Wildman–Crippen LogP) is 0.475. The summed E-state index contributed by atoms with van der Waals surface area (Å²) in [4.78, 5) is 7.02. The van der Waals surface area contributed by atoms with Crippen LogP contribution in [-0.2, 0) is 6.18 Å². The summed E-state index contributed by atoms with van der Waals surface area (Å²) in [7, 11) is 0. The number of alkyl halides is 3. The summed E-state index contributed by atoms with van der Waals surface area (Å²) in [5, 5.41) is 38.8. The van der Waals surface area contributed by atoms with Gasteiger partial charge in [0, 0.05) is 26.2 Å². The fraction of sp³-hybridized carbons (Fsp3) is 0.625. The van der Waals surface area contributed by atoms with E-state index in [1.54, 1.807) is 13.0 Å². The van der Waals surface area contributed by atoms with Crippen molar-refractivity contribution in [2.45, 2.75) is 37.3 Å². The molecule has 0 spiro atoms. The van der Waals surface area contributed by atoms with Gasteiger partial charge in [0.25, 0.3) is 0 Å². The maximum atomic E-state index is 13.5. The molecule has 3 unspecified atom stereocenters. The third kappa shape index (κ3) is 3.42. The molecule has 1 aromatic heterocycles. The number of rotatable bonds is 2. The first-order chi connectivity index (χ1) is 12.0. The highest BCUT2D eigenvalue weighted by Gasteiger charge is 2.41. The molecular weight excluding hydrogens is 353 g/mol. The summed E-state index contributed by atoms with van der Waals surface area (Å²) in [6.07, 6.45) is -6.60. The summed E-state index contributed by atoms with van der Waals surface area (Å²) in [5.41, 5.74) is -2.80. The van der Waals surface area contributed by atoms with E-state index in [0.717, 1.165) is 6.07 Å². The Hall–Kier alpha value is -2.09. The van der Waals surface area contributed by atoms with E-state index in [4.69, 9.17) is 0 Å². The van der Waals surface area contributed by atoms with Crippen LogP contribution in [0.2, 0.25) is 0 Å². The second kappa shape index (κ2) is 6.26. The fourth-order valence-electron chi connectivity index (χ4n) is 3.33.